The number of benzene rings is 1. The molecule has 190 valence electrons. The van der Waals surface area contributed by atoms with E-state index in [1.165, 1.54) is 30.5 Å². The minimum absolute atomic E-state index is 0.0211. The summed E-state index contributed by atoms with van der Waals surface area (Å²) in [6.07, 6.45) is 3.48. The van der Waals surface area contributed by atoms with Gasteiger partial charge in [0.15, 0.2) is 0 Å². The number of anilines is 1. The fourth-order valence-corrected chi connectivity index (χ4v) is 7.30. The van der Waals surface area contributed by atoms with Gasteiger partial charge in [0.25, 0.3) is 5.91 Å². The van der Waals surface area contributed by atoms with Crippen molar-refractivity contribution in [3.63, 3.8) is 0 Å². The van der Waals surface area contributed by atoms with Gasteiger partial charge < -0.3 is 10.2 Å². The SMILES string of the molecule is O=C(c1ccc(C(F)(F)F)cc1F)N1CCc2c(ncnc2NC(=O)C23CC4CC(CC(C4)C2)C3)C1. The Morgan fingerprint density at radius 1 is 1.03 bits per heavy atom. The summed E-state index contributed by atoms with van der Waals surface area (Å²) in [5.74, 6) is 0.447. The highest BCUT2D eigenvalue weighted by Crippen LogP contribution is 2.60. The molecule has 2 aromatic rings. The number of halogens is 4. The summed E-state index contributed by atoms with van der Waals surface area (Å²) in [5, 5.41) is 3.07. The number of nitrogens with zero attached hydrogens (tertiary/aromatic N) is 3. The topological polar surface area (TPSA) is 75.2 Å². The Balaban J connectivity index is 1.19. The number of hydrogen-bond acceptors (Lipinski definition) is 4. The number of hydrogen-bond donors (Lipinski definition) is 1. The highest BCUT2D eigenvalue weighted by Gasteiger charge is 2.54. The minimum Gasteiger partial charge on any atom is -0.332 e. The fraction of sp³-hybridized carbons (Fsp3) is 0.538. The first-order valence-corrected chi connectivity index (χ1v) is 12.4. The van der Waals surface area contributed by atoms with Gasteiger partial charge in [0.1, 0.15) is 18.0 Å². The summed E-state index contributed by atoms with van der Waals surface area (Å²) in [6, 6.07) is 1.91. The molecule has 36 heavy (non-hydrogen) atoms. The molecule has 1 aliphatic heterocycles. The van der Waals surface area contributed by atoms with Crippen LogP contribution < -0.4 is 5.32 Å². The number of nitrogens with one attached hydrogen (secondary N) is 1. The van der Waals surface area contributed by atoms with E-state index < -0.39 is 29.0 Å². The van der Waals surface area contributed by atoms with E-state index in [4.69, 9.17) is 0 Å². The van der Waals surface area contributed by atoms with E-state index in [-0.39, 0.29) is 24.4 Å². The number of amides is 2. The van der Waals surface area contributed by atoms with Crippen LogP contribution in [0, 0.1) is 29.0 Å². The van der Waals surface area contributed by atoms with Crippen LogP contribution in [0.4, 0.5) is 23.4 Å². The third-order valence-electron chi connectivity index (χ3n) is 8.57. The molecule has 2 amide bonds. The van der Waals surface area contributed by atoms with E-state index in [1.807, 2.05) is 0 Å². The van der Waals surface area contributed by atoms with Gasteiger partial charge in [-0.3, -0.25) is 9.59 Å². The summed E-state index contributed by atoms with van der Waals surface area (Å²) >= 11 is 0. The van der Waals surface area contributed by atoms with Crippen molar-refractivity contribution in [3.05, 3.63) is 52.7 Å². The van der Waals surface area contributed by atoms with Crippen molar-refractivity contribution in [2.24, 2.45) is 23.2 Å². The van der Waals surface area contributed by atoms with E-state index >= 15 is 0 Å². The molecule has 6 nitrogen and oxygen atoms in total. The number of carbonyl (C=O) groups excluding carboxylic acids is 2. The lowest BCUT2D eigenvalue weighted by molar-refractivity contribution is -0.140. The highest BCUT2D eigenvalue weighted by atomic mass is 19.4. The Bertz CT molecular complexity index is 1210. The van der Waals surface area contributed by atoms with Gasteiger partial charge in [-0.15, -0.1) is 0 Å². The molecule has 4 bridgehead atoms. The van der Waals surface area contributed by atoms with Crippen LogP contribution in [0.25, 0.3) is 0 Å². The van der Waals surface area contributed by atoms with Crippen molar-refractivity contribution >= 4 is 17.6 Å². The third-order valence-corrected chi connectivity index (χ3v) is 8.57. The second kappa shape index (κ2) is 8.24. The van der Waals surface area contributed by atoms with E-state index in [1.54, 1.807) is 0 Å². The maximum Gasteiger partial charge on any atom is 0.416 e. The first-order valence-electron chi connectivity index (χ1n) is 12.4. The zero-order valence-electron chi connectivity index (χ0n) is 19.6. The average molecular weight is 503 g/mol. The minimum atomic E-state index is -4.69. The normalized spacial score (nSPS) is 28.7. The molecular weight excluding hydrogens is 476 g/mol. The summed E-state index contributed by atoms with van der Waals surface area (Å²) in [7, 11) is 0. The maximum absolute atomic E-state index is 14.4. The van der Waals surface area contributed by atoms with E-state index in [2.05, 4.69) is 15.3 Å². The Morgan fingerprint density at radius 2 is 1.69 bits per heavy atom. The molecule has 1 aromatic heterocycles. The number of aromatic nitrogens is 2. The van der Waals surface area contributed by atoms with Gasteiger partial charge >= 0.3 is 6.18 Å². The molecule has 0 radical (unpaired) electrons. The van der Waals surface area contributed by atoms with Gasteiger partial charge in [-0.2, -0.15) is 13.2 Å². The number of alkyl halides is 3. The lowest BCUT2D eigenvalue weighted by Crippen LogP contribution is -2.52. The molecule has 0 atom stereocenters. The zero-order valence-corrected chi connectivity index (χ0v) is 19.6. The predicted octanol–water partition coefficient (Wildman–Crippen LogP) is 4.99. The van der Waals surface area contributed by atoms with E-state index in [0.29, 0.717) is 47.8 Å². The molecule has 4 aliphatic carbocycles. The smallest absolute Gasteiger partial charge is 0.332 e. The number of fused-ring (bicyclic) bond motifs is 1. The second-order valence-electron chi connectivity index (χ2n) is 11.0. The quantitative estimate of drug-likeness (QED) is 0.601. The molecule has 4 fully saturated rings. The number of carbonyl (C=O) groups is 2. The van der Waals surface area contributed by atoms with Crippen LogP contribution in [0.1, 0.15) is 65.7 Å². The van der Waals surface area contributed by atoms with Crippen molar-refractivity contribution in [3.8, 4) is 0 Å². The molecule has 0 unspecified atom stereocenters. The van der Waals surface area contributed by atoms with Gasteiger partial charge in [-0.05, 0) is 80.9 Å². The molecular formula is C26H26F4N4O2. The van der Waals surface area contributed by atoms with Crippen molar-refractivity contribution in [2.75, 3.05) is 11.9 Å². The average Bonchev–Trinajstić information content (AvgIpc) is 2.82. The standard InChI is InChI=1S/C26H26F4N4O2/c27-20-8-17(26(28,29)30)1-2-18(20)23(35)34-4-3-19-21(12-34)31-13-32-22(19)33-24(36)25-9-14-5-15(10-25)7-16(6-14)11-25/h1-2,8,13-16H,3-7,9-12H2,(H,31,32,33,36). The van der Waals surface area contributed by atoms with Gasteiger partial charge in [0.05, 0.1) is 28.8 Å². The van der Waals surface area contributed by atoms with Crippen LogP contribution in [-0.2, 0) is 23.9 Å². The van der Waals surface area contributed by atoms with Gasteiger partial charge in [-0.1, -0.05) is 0 Å². The van der Waals surface area contributed by atoms with Crippen LogP contribution in [0.2, 0.25) is 0 Å². The lowest BCUT2D eigenvalue weighted by atomic mass is 9.49. The summed E-state index contributed by atoms with van der Waals surface area (Å²) in [5.41, 5.74) is -0.614. The monoisotopic (exact) mass is 502 g/mol. The molecule has 1 aromatic carbocycles. The van der Waals surface area contributed by atoms with E-state index in [0.717, 1.165) is 30.9 Å². The molecule has 4 saturated carbocycles. The number of rotatable bonds is 3. The van der Waals surface area contributed by atoms with Crippen LogP contribution >= 0.6 is 0 Å². The molecule has 7 rings (SSSR count). The van der Waals surface area contributed by atoms with Gasteiger partial charge in [0.2, 0.25) is 5.91 Å². The molecule has 10 heteroatoms. The third kappa shape index (κ3) is 3.94. The summed E-state index contributed by atoms with van der Waals surface area (Å²) < 4.78 is 52.9. The maximum atomic E-state index is 14.4. The van der Waals surface area contributed by atoms with Crippen molar-refractivity contribution in [2.45, 2.75) is 57.7 Å². The molecule has 1 N–H and O–H groups in total. The van der Waals surface area contributed by atoms with Gasteiger partial charge in [-0.25, -0.2) is 14.4 Å². The van der Waals surface area contributed by atoms with Crippen molar-refractivity contribution < 1.29 is 27.2 Å². The molecule has 5 aliphatic rings. The van der Waals surface area contributed by atoms with E-state index in [9.17, 15) is 27.2 Å². The first-order chi connectivity index (χ1) is 17.1. The van der Waals surface area contributed by atoms with Gasteiger partial charge in [0, 0.05) is 12.1 Å². The van der Waals surface area contributed by atoms with Crippen LogP contribution in [0.15, 0.2) is 24.5 Å². The highest BCUT2D eigenvalue weighted by molar-refractivity contribution is 5.96. The molecule has 0 spiro atoms. The zero-order chi connectivity index (χ0) is 25.2. The molecule has 2 heterocycles. The largest absolute Gasteiger partial charge is 0.416 e. The van der Waals surface area contributed by atoms with Crippen molar-refractivity contribution in [1.82, 2.24) is 14.9 Å². The van der Waals surface area contributed by atoms with Crippen LogP contribution in [0.5, 0.6) is 0 Å². The Hall–Kier alpha value is -3.04. The first kappa shape index (κ1) is 23.4. The molecule has 0 saturated heterocycles. The Labute approximate surface area is 205 Å². The lowest BCUT2D eigenvalue weighted by Gasteiger charge is -2.55. The van der Waals surface area contributed by atoms with Crippen molar-refractivity contribution in [1.29, 1.82) is 0 Å². The summed E-state index contributed by atoms with van der Waals surface area (Å²) in [6.45, 7) is 0.261. The van der Waals surface area contributed by atoms with Crippen LogP contribution in [-0.4, -0.2) is 33.2 Å². The Kier molecular flexibility index (Phi) is 5.35. The van der Waals surface area contributed by atoms with Crippen LogP contribution in [0.3, 0.4) is 0 Å². The predicted molar refractivity (Wildman–Crippen MR) is 121 cm³/mol. The fourth-order valence-electron chi connectivity index (χ4n) is 7.30. The summed E-state index contributed by atoms with van der Waals surface area (Å²) in [4.78, 5) is 36.3. The Morgan fingerprint density at radius 3 is 2.31 bits per heavy atom. The second-order valence-corrected chi connectivity index (χ2v) is 11.0.